The molecular formula is C30H42N4O. The van der Waals surface area contributed by atoms with Crippen LogP contribution < -0.4 is 5.32 Å². The third-order valence-electron chi connectivity index (χ3n) is 7.22. The number of carbonyl (C=O) groups excluding carboxylic acids is 1. The number of benzene rings is 2. The summed E-state index contributed by atoms with van der Waals surface area (Å²) in [6, 6.07) is 17.0. The van der Waals surface area contributed by atoms with Crippen LogP contribution in [0.1, 0.15) is 81.5 Å². The van der Waals surface area contributed by atoms with E-state index in [0.717, 1.165) is 67.3 Å². The maximum Gasteiger partial charge on any atom is 0.254 e. The Bertz CT molecular complexity index is 1110. The van der Waals surface area contributed by atoms with Gasteiger partial charge in [0.1, 0.15) is 5.82 Å². The lowest BCUT2D eigenvalue weighted by Crippen LogP contribution is -2.33. The number of hydrogen-bond acceptors (Lipinski definition) is 3. The van der Waals surface area contributed by atoms with Gasteiger partial charge in [-0.15, -0.1) is 0 Å². The highest BCUT2D eigenvalue weighted by Gasteiger charge is 2.26. The van der Waals surface area contributed by atoms with Gasteiger partial charge in [-0.1, -0.05) is 52.0 Å². The Morgan fingerprint density at radius 2 is 1.89 bits per heavy atom. The molecule has 0 spiro atoms. The molecule has 5 nitrogen and oxygen atoms in total. The van der Waals surface area contributed by atoms with Crippen LogP contribution in [-0.2, 0) is 19.6 Å². The summed E-state index contributed by atoms with van der Waals surface area (Å²) in [6.07, 6.45) is 5.78. The third kappa shape index (κ3) is 6.72. The van der Waals surface area contributed by atoms with Crippen molar-refractivity contribution >= 4 is 16.9 Å². The minimum atomic E-state index is 0.0973. The monoisotopic (exact) mass is 474 g/mol. The molecule has 0 aliphatic heterocycles. The minimum Gasteiger partial charge on any atom is -0.331 e. The molecule has 0 radical (unpaired) electrons. The highest BCUT2D eigenvalue weighted by Crippen LogP contribution is 2.32. The smallest absolute Gasteiger partial charge is 0.254 e. The fourth-order valence-electron chi connectivity index (χ4n) is 4.68. The maximum absolute atomic E-state index is 13.8. The van der Waals surface area contributed by atoms with Crippen molar-refractivity contribution in [2.24, 2.45) is 11.8 Å². The molecule has 1 aliphatic rings. The van der Waals surface area contributed by atoms with Crippen LogP contribution in [0.5, 0.6) is 0 Å². The zero-order valence-corrected chi connectivity index (χ0v) is 22.0. The van der Waals surface area contributed by atoms with Crippen molar-refractivity contribution in [2.75, 3.05) is 6.54 Å². The maximum atomic E-state index is 13.8. The molecule has 1 amide bonds. The first-order valence-electron chi connectivity index (χ1n) is 13.5. The van der Waals surface area contributed by atoms with E-state index in [1.165, 1.54) is 18.4 Å². The lowest BCUT2D eigenvalue weighted by molar-refractivity contribution is 0.0729. The zero-order valence-electron chi connectivity index (χ0n) is 22.0. The van der Waals surface area contributed by atoms with Gasteiger partial charge in [-0.2, -0.15) is 0 Å². The Hall–Kier alpha value is -2.66. The normalized spacial score (nSPS) is 13.8. The van der Waals surface area contributed by atoms with Gasteiger partial charge in [0.15, 0.2) is 0 Å². The third-order valence-corrected chi connectivity index (χ3v) is 7.22. The highest BCUT2D eigenvalue weighted by molar-refractivity contribution is 5.94. The van der Waals surface area contributed by atoms with E-state index < -0.39 is 0 Å². The second kappa shape index (κ2) is 11.9. The summed E-state index contributed by atoms with van der Waals surface area (Å²) in [4.78, 5) is 20.8. The Morgan fingerprint density at radius 1 is 1.11 bits per heavy atom. The average Bonchev–Trinajstić information content (AvgIpc) is 3.63. The summed E-state index contributed by atoms with van der Waals surface area (Å²) >= 11 is 0. The number of nitrogens with one attached hydrogen (secondary N) is 1. The molecular weight excluding hydrogens is 432 g/mol. The second-order valence-corrected chi connectivity index (χ2v) is 10.6. The molecule has 188 valence electrons. The van der Waals surface area contributed by atoms with Crippen molar-refractivity contribution in [1.82, 2.24) is 19.8 Å². The molecule has 2 aromatic carbocycles. The van der Waals surface area contributed by atoms with E-state index in [4.69, 9.17) is 4.98 Å². The van der Waals surface area contributed by atoms with Gasteiger partial charge in [0.05, 0.1) is 17.6 Å². The largest absolute Gasteiger partial charge is 0.331 e. The molecule has 1 aromatic heterocycles. The summed E-state index contributed by atoms with van der Waals surface area (Å²) in [6.45, 7) is 11.9. The van der Waals surface area contributed by atoms with E-state index in [2.05, 4.69) is 67.9 Å². The van der Waals surface area contributed by atoms with Crippen molar-refractivity contribution in [3.63, 3.8) is 0 Å². The molecule has 35 heavy (non-hydrogen) atoms. The summed E-state index contributed by atoms with van der Waals surface area (Å²) in [5.41, 5.74) is 4.13. The van der Waals surface area contributed by atoms with Crippen LogP contribution in [0.15, 0.2) is 48.5 Å². The van der Waals surface area contributed by atoms with Crippen LogP contribution >= 0.6 is 0 Å². The van der Waals surface area contributed by atoms with Gasteiger partial charge in [-0.05, 0) is 73.8 Å². The van der Waals surface area contributed by atoms with Crippen LogP contribution in [0, 0.1) is 11.8 Å². The van der Waals surface area contributed by atoms with E-state index in [0.29, 0.717) is 18.5 Å². The number of fused-ring (bicyclic) bond motifs is 1. The number of para-hydroxylation sites is 2. The minimum absolute atomic E-state index is 0.0973. The Morgan fingerprint density at radius 3 is 2.60 bits per heavy atom. The molecule has 0 atom stereocenters. The first kappa shape index (κ1) is 25.4. The first-order valence-corrected chi connectivity index (χ1v) is 13.5. The Balaban J connectivity index is 1.57. The quantitative estimate of drug-likeness (QED) is 0.311. The number of hydrogen-bond donors (Lipinski definition) is 1. The van der Waals surface area contributed by atoms with Crippen LogP contribution in [0.2, 0.25) is 0 Å². The van der Waals surface area contributed by atoms with E-state index in [-0.39, 0.29) is 5.91 Å². The Labute approximate surface area is 210 Å². The van der Waals surface area contributed by atoms with E-state index in [1.807, 2.05) is 23.1 Å². The van der Waals surface area contributed by atoms with Crippen LogP contribution in [0.3, 0.4) is 0 Å². The number of carbonyl (C=O) groups is 1. The summed E-state index contributed by atoms with van der Waals surface area (Å²) in [5, 5.41) is 3.62. The average molecular weight is 475 g/mol. The van der Waals surface area contributed by atoms with Gasteiger partial charge < -0.3 is 14.8 Å². The molecule has 0 bridgehead atoms. The predicted octanol–water partition coefficient (Wildman–Crippen LogP) is 6.41. The van der Waals surface area contributed by atoms with Gasteiger partial charge in [0, 0.05) is 31.2 Å². The number of amides is 1. The molecule has 1 aliphatic carbocycles. The summed E-state index contributed by atoms with van der Waals surface area (Å²) in [7, 11) is 0. The molecule has 1 N–H and O–H groups in total. The van der Waals surface area contributed by atoms with Crippen molar-refractivity contribution < 1.29 is 4.79 Å². The molecule has 1 fully saturated rings. The molecule has 0 saturated heterocycles. The van der Waals surface area contributed by atoms with E-state index in [9.17, 15) is 4.79 Å². The molecule has 4 rings (SSSR count). The summed E-state index contributed by atoms with van der Waals surface area (Å²) < 4.78 is 2.36. The van der Waals surface area contributed by atoms with E-state index >= 15 is 0 Å². The van der Waals surface area contributed by atoms with Crippen LogP contribution in [0.4, 0.5) is 0 Å². The van der Waals surface area contributed by atoms with Gasteiger partial charge in [0.25, 0.3) is 5.91 Å². The fourth-order valence-corrected chi connectivity index (χ4v) is 4.68. The SMILES string of the molecule is CCC(CC)NCc1cccc(C(=O)N(CCC(C)C)Cc2nc3ccccc3n2CC2CC2)c1. The Kier molecular flexibility index (Phi) is 8.61. The van der Waals surface area contributed by atoms with Crippen molar-refractivity contribution in [3.8, 4) is 0 Å². The highest BCUT2D eigenvalue weighted by atomic mass is 16.2. The fraction of sp³-hybridized carbons (Fsp3) is 0.533. The summed E-state index contributed by atoms with van der Waals surface area (Å²) in [5.74, 6) is 2.37. The molecule has 1 heterocycles. The van der Waals surface area contributed by atoms with Gasteiger partial charge in [-0.3, -0.25) is 4.79 Å². The van der Waals surface area contributed by atoms with E-state index in [1.54, 1.807) is 0 Å². The predicted molar refractivity (Wildman–Crippen MR) is 144 cm³/mol. The second-order valence-electron chi connectivity index (χ2n) is 10.6. The number of imidazole rings is 1. The van der Waals surface area contributed by atoms with Crippen LogP contribution in [-0.4, -0.2) is 32.9 Å². The standard InChI is InChI=1S/C30H42N4O/c1-5-26(6-2)31-19-24-10-9-11-25(18-24)30(35)33(17-16-22(3)4)21-29-32-27-12-7-8-13-28(27)34(29)20-23-14-15-23/h7-13,18,22-23,26,31H,5-6,14-17,19-21H2,1-4H3. The van der Waals surface area contributed by atoms with Gasteiger partial charge >= 0.3 is 0 Å². The molecule has 0 unspecified atom stereocenters. The number of rotatable bonds is 13. The number of nitrogens with zero attached hydrogens (tertiary/aromatic N) is 3. The lowest BCUT2D eigenvalue weighted by Gasteiger charge is -2.24. The van der Waals surface area contributed by atoms with Gasteiger partial charge in [-0.25, -0.2) is 4.98 Å². The molecule has 1 saturated carbocycles. The zero-order chi connectivity index (χ0) is 24.8. The topological polar surface area (TPSA) is 50.2 Å². The first-order chi connectivity index (χ1) is 17.0. The molecule has 3 aromatic rings. The van der Waals surface area contributed by atoms with Crippen molar-refractivity contribution in [2.45, 2.75) is 85.5 Å². The van der Waals surface area contributed by atoms with Crippen molar-refractivity contribution in [1.29, 1.82) is 0 Å². The van der Waals surface area contributed by atoms with Crippen molar-refractivity contribution in [3.05, 3.63) is 65.5 Å². The van der Waals surface area contributed by atoms with Crippen LogP contribution in [0.25, 0.3) is 11.0 Å². The van der Waals surface area contributed by atoms with Gasteiger partial charge in [0.2, 0.25) is 0 Å². The lowest BCUT2D eigenvalue weighted by atomic mass is 10.1. The number of aromatic nitrogens is 2. The molecule has 5 heteroatoms.